The van der Waals surface area contributed by atoms with Crippen LogP contribution in [-0.4, -0.2) is 28.8 Å². The highest BCUT2D eigenvalue weighted by Crippen LogP contribution is 2.32. The molecule has 1 aromatic heterocycles. The van der Waals surface area contributed by atoms with Gasteiger partial charge in [-0.1, -0.05) is 0 Å². The molecule has 2 rings (SSSR count). The lowest BCUT2D eigenvalue weighted by Gasteiger charge is -2.20. The Morgan fingerprint density at radius 3 is 2.59 bits per heavy atom. The molecule has 0 atom stereocenters. The van der Waals surface area contributed by atoms with E-state index in [2.05, 4.69) is 31.2 Å². The number of hydrogen-bond donors (Lipinski definition) is 1. The lowest BCUT2D eigenvalue weighted by atomic mass is 10.2. The van der Waals surface area contributed by atoms with Gasteiger partial charge in [-0.3, -0.25) is 5.32 Å². The summed E-state index contributed by atoms with van der Waals surface area (Å²) >= 11 is 9.32. The van der Waals surface area contributed by atoms with E-state index in [-0.39, 0.29) is 11.1 Å². The van der Waals surface area contributed by atoms with Crippen molar-refractivity contribution < 1.29 is 14.3 Å². The first-order chi connectivity index (χ1) is 10.2. The molecule has 0 unspecified atom stereocenters. The number of anilines is 1. The molecule has 0 bridgehead atoms. The predicted molar refractivity (Wildman–Crippen MR) is 88.7 cm³/mol. The number of fused-ring (bicyclic) bond motifs is 1. The van der Waals surface area contributed by atoms with Crippen LogP contribution in [0.25, 0.3) is 10.9 Å². The molecular weight excluding hydrogens is 374 g/mol. The summed E-state index contributed by atoms with van der Waals surface area (Å²) < 4.78 is 11.1. The van der Waals surface area contributed by atoms with E-state index in [1.54, 1.807) is 40.0 Å². The molecule has 118 valence electrons. The van der Waals surface area contributed by atoms with Gasteiger partial charge in [-0.25, -0.2) is 9.78 Å². The number of methoxy groups -OCH3 is 1. The fraction of sp³-hybridized carbons (Fsp3) is 0.357. The van der Waals surface area contributed by atoms with Gasteiger partial charge in [0.1, 0.15) is 17.2 Å². The van der Waals surface area contributed by atoms with Gasteiger partial charge in [0.25, 0.3) is 0 Å². The summed E-state index contributed by atoms with van der Waals surface area (Å²) in [6.45, 7) is 5.33. The Kier molecular flexibility index (Phi) is 4.77. The van der Waals surface area contributed by atoms with E-state index >= 15 is 0 Å². The number of nitrogens with one attached hydrogen (secondary N) is 1. The number of nitrogens with zero attached hydrogens (tertiary/aromatic N) is 2. The van der Waals surface area contributed by atoms with E-state index in [1.165, 1.54) is 0 Å². The van der Waals surface area contributed by atoms with E-state index in [4.69, 9.17) is 21.1 Å². The number of ether oxygens (including phenoxy) is 2. The van der Waals surface area contributed by atoms with Gasteiger partial charge in [-0.15, -0.1) is 0 Å². The van der Waals surface area contributed by atoms with Crippen LogP contribution in [0.15, 0.2) is 16.6 Å². The lowest BCUT2D eigenvalue weighted by molar-refractivity contribution is 0.0635. The molecular formula is C14H15BrClN3O3. The number of aromatic nitrogens is 2. The van der Waals surface area contributed by atoms with E-state index < -0.39 is 11.7 Å². The summed E-state index contributed by atoms with van der Waals surface area (Å²) in [6.07, 6.45) is -0.623. The van der Waals surface area contributed by atoms with Gasteiger partial charge in [0.2, 0.25) is 5.28 Å². The van der Waals surface area contributed by atoms with Gasteiger partial charge in [-0.2, -0.15) is 4.98 Å². The largest absolute Gasteiger partial charge is 0.497 e. The minimum Gasteiger partial charge on any atom is -0.497 e. The SMILES string of the molecule is COc1cc(Br)c2nc(Cl)nc(NC(=O)OC(C)(C)C)c2c1. The number of carbonyl (C=O) groups excluding carboxylic acids is 1. The van der Waals surface area contributed by atoms with Crippen LogP contribution < -0.4 is 10.1 Å². The molecule has 1 heterocycles. The van der Waals surface area contributed by atoms with Crippen molar-refractivity contribution in [1.29, 1.82) is 0 Å². The number of hydrogen-bond acceptors (Lipinski definition) is 5. The molecule has 0 fully saturated rings. The fourth-order valence-electron chi connectivity index (χ4n) is 1.75. The molecule has 0 saturated heterocycles. The molecule has 22 heavy (non-hydrogen) atoms. The average Bonchev–Trinajstić information content (AvgIpc) is 2.37. The quantitative estimate of drug-likeness (QED) is 0.772. The van der Waals surface area contributed by atoms with Gasteiger partial charge in [-0.05, 0) is 60.4 Å². The highest BCUT2D eigenvalue weighted by atomic mass is 79.9. The summed E-state index contributed by atoms with van der Waals surface area (Å²) in [7, 11) is 1.55. The Bertz CT molecular complexity index is 731. The van der Waals surface area contributed by atoms with Crippen molar-refractivity contribution in [3.8, 4) is 5.75 Å². The van der Waals surface area contributed by atoms with Gasteiger partial charge in [0.15, 0.2) is 0 Å². The Hall–Kier alpha value is -1.60. The summed E-state index contributed by atoms with van der Waals surface area (Å²) in [5.74, 6) is 0.849. The highest BCUT2D eigenvalue weighted by Gasteiger charge is 2.19. The van der Waals surface area contributed by atoms with Crippen LogP contribution in [0.3, 0.4) is 0 Å². The molecule has 1 amide bonds. The van der Waals surface area contributed by atoms with Crippen LogP contribution >= 0.6 is 27.5 Å². The van der Waals surface area contributed by atoms with Crippen LogP contribution in [-0.2, 0) is 4.74 Å². The molecule has 6 nitrogen and oxygen atoms in total. The summed E-state index contributed by atoms with van der Waals surface area (Å²) in [6, 6.07) is 3.46. The number of benzene rings is 1. The molecule has 0 saturated carbocycles. The smallest absolute Gasteiger partial charge is 0.413 e. The van der Waals surface area contributed by atoms with E-state index in [1.807, 2.05) is 0 Å². The van der Waals surface area contributed by atoms with Crippen LogP contribution in [0.5, 0.6) is 5.75 Å². The molecule has 1 N–H and O–H groups in total. The molecule has 0 radical (unpaired) electrons. The second-order valence-electron chi connectivity index (χ2n) is 5.47. The Morgan fingerprint density at radius 2 is 2.00 bits per heavy atom. The lowest BCUT2D eigenvalue weighted by Crippen LogP contribution is -2.27. The molecule has 0 spiro atoms. The predicted octanol–water partition coefficient (Wildman–Crippen LogP) is 4.40. The van der Waals surface area contributed by atoms with Crippen molar-refractivity contribution in [2.75, 3.05) is 12.4 Å². The first kappa shape index (κ1) is 16.8. The Labute approximate surface area is 141 Å². The normalized spacial score (nSPS) is 11.4. The summed E-state index contributed by atoms with van der Waals surface area (Å²) in [5, 5.41) is 3.19. The zero-order chi connectivity index (χ0) is 16.5. The average molecular weight is 389 g/mol. The molecule has 0 aliphatic carbocycles. The van der Waals surface area contributed by atoms with Crippen molar-refractivity contribution >= 4 is 50.3 Å². The van der Waals surface area contributed by atoms with Crippen LogP contribution in [0.1, 0.15) is 20.8 Å². The molecule has 0 aliphatic rings. The molecule has 2 aromatic rings. The van der Waals surface area contributed by atoms with Crippen LogP contribution in [0.2, 0.25) is 5.28 Å². The van der Waals surface area contributed by atoms with Crippen molar-refractivity contribution in [2.45, 2.75) is 26.4 Å². The van der Waals surface area contributed by atoms with Crippen molar-refractivity contribution in [3.05, 3.63) is 21.9 Å². The number of carbonyl (C=O) groups is 1. The van der Waals surface area contributed by atoms with E-state index in [9.17, 15) is 4.79 Å². The zero-order valence-corrected chi connectivity index (χ0v) is 14.9. The number of rotatable bonds is 2. The topological polar surface area (TPSA) is 73.3 Å². The third-order valence-electron chi connectivity index (χ3n) is 2.56. The summed E-state index contributed by atoms with van der Waals surface area (Å²) in [5.41, 5.74) is -0.0542. The van der Waals surface area contributed by atoms with Gasteiger partial charge in [0.05, 0.1) is 12.6 Å². The number of halogens is 2. The molecule has 0 aliphatic heterocycles. The van der Waals surface area contributed by atoms with Crippen LogP contribution in [0.4, 0.5) is 10.6 Å². The van der Waals surface area contributed by atoms with E-state index in [0.717, 1.165) is 0 Å². The monoisotopic (exact) mass is 387 g/mol. The maximum Gasteiger partial charge on any atom is 0.413 e. The Balaban J connectivity index is 2.48. The Morgan fingerprint density at radius 1 is 1.32 bits per heavy atom. The van der Waals surface area contributed by atoms with Crippen molar-refractivity contribution in [2.24, 2.45) is 0 Å². The first-order valence-electron chi connectivity index (χ1n) is 6.40. The zero-order valence-electron chi connectivity index (χ0n) is 12.5. The second kappa shape index (κ2) is 6.26. The molecule has 8 heteroatoms. The van der Waals surface area contributed by atoms with Gasteiger partial charge < -0.3 is 9.47 Å². The van der Waals surface area contributed by atoms with Crippen molar-refractivity contribution in [3.63, 3.8) is 0 Å². The van der Waals surface area contributed by atoms with Crippen molar-refractivity contribution in [1.82, 2.24) is 9.97 Å². The molecule has 1 aromatic carbocycles. The second-order valence-corrected chi connectivity index (χ2v) is 6.67. The number of amides is 1. The maximum absolute atomic E-state index is 11.9. The highest BCUT2D eigenvalue weighted by molar-refractivity contribution is 9.10. The minimum atomic E-state index is -0.623. The fourth-order valence-corrected chi connectivity index (χ4v) is 2.45. The third kappa shape index (κ3) is 3.98. The van der Waals surface area contributed by atoms with Crippen LogP contribution in [0, 0.1) is 0 Å². The van der Waals surface area contributed by atoms with Gasteiger partial charge >= 0.3 is 6.09 Å². The maximum atomic E-state index is 11.9. The first-order valence-corrected chi connectivity index (χ1v) is 7.57. The summed E-state index contributed by atoms with van der Waals surface area (Å²) in [4.78, 5) is 20.1. The third-order valence-corrected chi connectivity index (χ3v) is 3.33. The van der Waals surface area contributed by atoms with E-state index in [0.29, 0.717) is 21.1 Å². The minimum absolute atomic E-state index is 0.0180. The van der Waals surface area contributed by atoms with Gasteiger partial charge in [0, 0.05) is 9.86 Å². The standard InChI is InChI=1S/C14H15BrClN3O3/c1-14(2,3)22-13(20)19-11-8-5-7(21-4)6-9(15)10(8)17-12(16)18-11/h5-6H,1-4H3,(H,17,18,19,20).